The zero-order valence-corrected chi connectivity index (χ0v) is 18.6. The molecule has 0 saturated heterocycles. The molecule has 32 heavy (non-hydrogen) atoms. The molecule has 0 fully saturated rings. The van der Waals surface area contributed by atoms with Crippen molar-refractivity contribution in [2.24, 2.45) is 5.10 Å². The summed E-state index contributed by atoms with van der Waals surface area (Å²) in [6.07, 6.45) is 0. The molecule has 1 aromatic heterocycles. The maximum Gasteiger partial charge on any atom is 0.213 e. The predicted octanol–water partition coefficient (Wildman–Crippen LogP) is 5.27. The molecular weight excluding hydrogens is 420 g/mol. The summed E-state index contributed by atoms with van der Waals surface area (Å²) in [5.74, 6) is 2.17. The van der Waals surface area contributed by atoms with Crippen LogP contribution in [0.1, 0.15) is 27.8 Å². The molecule has 4 aromatic rings. The third kappa shape index (κ3) is 4.11. The maximum atomic E-state index is 5.93. The van der Waals surface area contributed by atoms with Crippen molar-refractivity contribution in [2.45, 2.75) is 23.9 Å². The van der Waals surface area contributed by atoms with Gasteiger partial charge in [-0.3, -0.25) is 0 Å². The Morgan fingerprint density at radius 2 is 1.59 bits per heavy atom. The van der Waals surface area contributed by atoms with Gasteiger partial charge in [-0.1, -0.05) is 71.9 Å². The molecule has 0 amide bonds. The van der Waals surface area contributed by atoms with Gasteiger partial charge in [-0.05, 0) is 42.3 Å². The molecule has 1 aliphatic rings. The number of rotatable bonds is 6. The summed E-state index contributed by atoms with van der Waals surface area (Å²) < 4.78 is 12.9. The van der Waals surface area contributed by atoms with Crippen molar-refractivity contribution in [3.8, 4) is 11.5 Å². The number of methoxy groups -OCH3 is 1. The van der Waals surface area contributed by atoms with Crippen molar-refractivity contribution in [1.29, 1.82) is 0 Å². The van der Waals surface area contributed by atoms with Crippen LogP contribution >= 0.6 is 11.8 Å². The van der Waals surface area contributed by atoms with Crippen molar-refractivity contribution in [2.75, 3.05) is 7.11 Å². The van der Waals surface area contributed by atoms with Crippen LogP contribution in [-0.2, 0) is 6.61 Å². The largest absolute Gasteiger partial charge is 0.497 e. The van der Waals surface area contributed by atoms with E-state index in [1.54, 1.807) is 23.5 Å². The summed E-state index contributed by atoms with van der Waals surface area (Å²) >= 11 is 1.65. The van der Waals surface area contributed by atoms with Crippen LogP contribution in [0.25, 0.3) is 0 Å². The van der Waals surface area contributed by atoms with Gasteiger partial charge in [0.05, 0.1) is 18.1 Å². The van der Waals surface area contributed by atoms with Crippen LogP contribution < -0.4 is 9.47 Å². The van der Waals surface area contributed by atoms with Crippen molar-refractivity contribution in [3.63, 3.8) is 0 Å². The van der Waals surface area contributed by atoms with E-state index in [1.165, 1.54) is 11.1 Å². The second-order valence-electron chi connectivity index (χ2n) is 7.43. The number of nitrogens with zero attached hydrogens (tertiary/aromatic N) is 4. The second-order valence-corrected chi connectivity index (χ2v) is 8.51. The molecule has 1 aliphatic heterocycles. The first-order valence-corrected chi connectivity index (χ1v) is 11.2. The van der Waals surface area contributed by atoms with Crippen molar-refractivity contribution >= 4 is 17.5 Å². The third-order valence-corrected chi connectivity index (χ3v) is 6.43. The number of thioether (sulfide) groups is 1. The number of fused-ring (bicyclic) bond motifs is 1. The highest BCUT2D eigenvalue weighted by atomic mass is 32.2. The first kappa shape index (κ1) is 20.3. The topological polar surface area (TPSA) is 61.5 Å². The lowest BCUT2D eigenvalue weighted by atomic mass is 10.0. The van der Waals surface area contributed by atoms with Crippen molar-refractivity contribution in [1.82, 2.24) is 14.9 Å². The molecule has 0 bridgehead atoms. The predicted molar refractivity (Wildman–Crippen MR) is 126 cm³/mol. The van der Waals surface area contributed by atoms with Gasteiger partial charge in [0.1, 0.15) is 18.1 Å². The van der Waals surface area contributed by atoms with Gasteiger partial charge in [-0.2, -0.15) is 9.78 Å². The summed E-state index contributed by atoms with van der Waals surface area (Å²) in [7, 11) is 1.64. The van der Waals surface area contributed by atoms with Crippen LogP contribution in [0.15, 0.2) is 89.1 Å². The van der Waals surface area contributed by atoms with Gasteiger partial charge in [0.15, 0.2) is 5.82 Å². The van der Waals surface area contributed by atoms with E-state index in [4.69, 9.17) is 14.6 Å². The molecule has 1 atom stereocenters. The monoisotopic (exact) mass is 442 g/mol. The Morgan fingerprint density at radius 1 is 0.875 bits per heavy atom. The van der Waals surface area contributed by atoms with Crippen molar-refractivity contribution in [3.05, 3.63) is 101 Å². The Hall–Kier alpha value is -3.58. The van der Waals surface area contributed by atoms with Crippen LogP contribution in [0.4, 0.5) is 0 Å². The Labute approximate surface area is 190 Å². The molecule has 0 spiro atoms. The zero-order valence-electron chi connectivity index (χ0n) is 17.8. The van der Waals surface area contributed by atoms with Crippen LogP contribution in [-0.4, -0.2) is 27.7 Å². The van der Waals surface area contributed by atoms with E-state index < -0.39 is 0 Å². The van der Waals surface area contributed by atoms with Gasteiger partial charge >= 0.3 is 0 Å². The van der Waals surface area contributed by atoms with Gasteiger partial charge in [-0.15, -0.1) is 10.2 Å². The maximum absolute atomic E-state index is 5.93. The van der Waals surface area contributed by atoms with Crippen LogP contribution in [0.5, 0.6) is 11.5 Å². The molecule has 0 radical (unpaired) electrons. The zero-order chi connectivity index (χ0) is 21.9. The first-order chi connectivity index (χ1) is 15.7. The Kier molecular flexibility index (Phi) is 5.64. The normalized spacial score (nSPS) is 15.1. The van der Waals surface area contributed by atoms with Crippen LogP contribution in [0.2, 0.25) is 0 Å². The molecule has 3 aromatic carbocycles. The molecule has 0 aliphatic carbocycles. The molecule has 0 N–H and O–H groups in total. The number of ether oxygens (including phenoxy) is 2. The standard InChI is InChI=1S/C25H22N4O2S/c1-17-8-10-18(11-9-17)23-24(19-6-4-3-5-7-19)32-25-27-26-22(29(25)28-23)16-31-21-14-12-20(30-2)13-15-21/h3-15,24H,16H2,1-2H3/t24-/m1/s1. The lowest BCUT2D eigenvalue weighted by molar-refractivity contribution is 0.289. The first-order valence-electron chi connectivity index (χ1n) is 10.3. The van der Waals surface area contributed by atoms with E-state index >= 15 is 0 Å². The molecule has 0 unspecified atom stereocenters. The van der Waals surface area contributed by atoms with E-state index in [0.717, 1.165) is 27.9 Å². The van der Waals surface area contributed by atoms with Gasteiger partial charge in [0, 0.05) is 0 Å². The fraction of sp³-hybridized carbons (Fsp3) is 0.160. The van der Waals surface area contributed by atoms with Crippen LogP contribution in [0, 0.1) is 6.92 Å². The number of aromatic nitrogens is 3. The minimum absolute atomic E-state index is 0.0333. The van der Waals surface area contributed by atoms with Gasteiger partial charge in [0.2, 0.25) is 5.16 Å². The number of benzene rings is 3. The Balaban J connectivity index is 1.47. The molecule has 5 rings (SSSR count). The second kappa shape index (κ2) is 8.88. The summed E-state index contributed by atoms with van der Waals surface area (Å²) in [5, 5.41) is 14.5. The fourth-order valence-corrected chi connectivity index (χ4v) is 4.62. The lowest BCUT2D eigenvalue weighted by Gasteiger charge is -2.23. The summed E-state index contributed by atoms with van der Waals surface area (Å²) in [5.41, 5.74) is 4.45. The smallest absolute Gasteiger partial charge is 0.213 e. The average Bonchev–Trinajstić information content (AvgIpc) is 3.25. The van der Waals surface area contributed by atoms with Gasteiger partial charge in [0.25, 0.3) is 0 Å². The van der Waals surface area contributed by atoms with Gasteiger partial charge < -0.3 is 9.47 Å². The fourth-order valence-electron chi connectivity index (χ4n) is 3.49. The van der Waals surface area contributed by atoms with E-state index in [0.29, 0.717) is 5.82 Å². The molecule has 0 saturated carbocycles. The average molecular weight is 443 g/mol. The summed E-state index contributed by atoms with van der Waals surface area (Å²) in [6, 6.07) is 26.3. The highest BCUT2D eigenvalue weighted by Crippen LogP contribution is 2.41. The minimum atomic E-state index is 0.0333. The van der Waals surface area contributed by atoms with E-state index in [9.17, 15) is 0 Å². The molecule has 2 heterocycles. The van der Waals surface area contributed by atoms with E-state index in [2.05, 4.69) is 65.7 Å². The number of hydrogen-bond donors (Lipinski definition) is 0. The minimum Gasteiger partial charge on any atom is -0.497 e. The number of aryl methyl sites for hydroxylation is 1. The third-order valence-electron chi connectivity index (χ3n) is 5.23. The molecule has 6 nitrogen and oxygen atoms in total. The Bertz CT molecular complexity index is 1240. The van der Waals surface area contributed by atoms with E-state index in [1.807, 2.05) is 30.3 Å². The van der Waals surface area contributed by atoms with E-state index in [-0.39, 0.29) is 11.9 Å². The molecule has 160 valence electrons. The SMILES string of the molecule is COc1ccc(OCc2nnc3n2N=C(c2ccc(C)cc2)[C@@H](c2ccccc2)S3)cc1. The van der Waals surface area contributed by atoms with Crippen molar-refractivity contribution < 1.29 is 9.47 Å². The lowest BCUT2D eigenvalue weighted by Crippen LogP contribution is -2.19. The summed E-state index contributed by atoms with van der Waals surface area (Å²) in [4.78, 5) is 0. The highest BCUT2D eigenvalue weighted by Gasteiger charge is 2.30. The Morgan fingerprint density at radius 3 is 2.31 bits per heavy atom. The van der Waals surface area contributed by atoms with Crippen LogP contribution in [0.3, 0.4) is 0 Å². The number of hydrogen-bond acceptors (Lipinski definition) is 6. The quantitative estimate of drug-likeness (QED) is 0.407. The highest BCUT2D eigenvalue weighted by molar-refractivity contribution is 8.00. The van der Waals surface area contributed by atoms with Gasteiger partial charge in [-0.25, -0.2) is 0 Å². The summed E-state index contributed by atoms with van der Waals surface area (Å²) in [6.45, 7) is 2.35. The molecular formula is C25H22N4O2S. The molecule has 7 heteroatoms.